The minimum absolute atomic E-state index is 0.277. The molecule has 1 atom stereocenters. The number of rotatable bonds is 3. The fourth-order valence-corrected chi connectivity index (χ4v) is 1.50. The normalized spacial score (nSPS) is 20.9. The second-order valence-corrected chi connectivity index (χ2v) is 4.29. The number of carbonyl (C=O) groups is 2. The van der Waals surface area contributed by atoms with Gasteiger partial charge in [-0.15, -0.1) is 0 Å². The average Bonchev–Trinajstić information content (AvgIpc) is 2.25. The molecule has 2 amide bonds. The second kappa shape index (κ2) is 5.69. The van der Waals surface area contributed by atoms with Crippen molar-refractivity contribution >= 4 is 12.0 Å². The van der Waals surface area contributed by atoms with Crippen LogP contribution in [0.1, 0.15) is 13.8 Å². The molecule has 1 heterocycles. The first-order valence-corrected chi connectivity index (χ1v) is 5.45. The Bertz CT molecular complexity index is 268. The Hall–Kier alpha value is -1.30. The van der Waals surface area contributed by atoms with Crippen molar-refractivity contribution in [3.8, 4) is 0 Å². The summed E-state index contributed by atoms with van der Waals surface area (Å²) in [5, 5.41) is 3.02. The zero-order chi connectivity index (χ0) is 12.1. The summed E-state index contributed by atoms with van der Waals surface area (Å²) in [6.45, 7) is 5.76. The van der Waals surface area contributed by atoms with E-state index >= 15 is 0 Å². The van der Waals surface area contributed by atoms with Gasteiger partial charge in [0.15, 0.2) is 0 Å². The van der Waals surface area contributed by atoms with E-state index in [9.17, 15) is 9.59 Å². The molecule has 1 unspecified atom stereocenters. The number of hydrogen-bond acceptors (Lipinski definition) is 4. The highest BCUT2D eigenvalue weighted by Gasteiger charge is 2.31. The van der Waals surface area contributed by atoms with Crippen LogP contribution in [0.2, 0.25) is 0 Å². The van der Waals surface area contributed by atoms with Gasteiger partial charge >= 0.3 is 6.09 Å². The minimum atomic E-state index is -0.603. The van der Waals surface area contributed by atoms with Crippen molar-refractivity contribution < 1.29 is 14.3 Å². The molecule has 1 rings (SSSR count). The van der Waals surface area contributed by atoms with Gasteiger partial charge in [0.25, 0.3) is 0 Å². The van der Waals surface area contributed by atoms with E-state index in [2.05, 4.69) is 5.32 Å². The van der Waals surface area contributed by atoms with Gasteiger partial charge in [0.2, 0.25) is 5.91 Å². The van der Waals surface area contributed by atoms with Crippen molar-refractivity contribution in [3.05, 3.63) is 0 Å². The van der Waals surface area contributed by atoms with E-state index in [4.69, 9.17) is 10.5 Å². The Labute approximate surface area is 95.1 Å². The van der Waals surface area contributed by atoms with Crippen LogP contribution in [0.25, 0.3) is 0 Å². The first kappa shape index (κ1) is 12.8. The van der Waals surface area contributed by atoms with Gasteiger partial charge in [0, 0.05) is 19.6 Å². The molecule has 0 bridgehead atoms. The molecular weight excluding hydrogens is 210 g/mol. The standard InChI is InChI=1S/C10H19N3O3/c1-7(2)6-16-10(15)13-4-3-12-5-8(13)9(11)14/h7-8,12H,3-6H2,1-2H3,(H2,11,14). The van der Waals surface area contributed by atoms with Crippen molar-refractivity contribution in [2.24, 2.45) is 11.7 Å². The van der Waals surface area contributed by atoms with Crippen LogP contribution in [0, 0.1) is 5.92 Å². The summed E-state index contributed by atoms with van der Waals surface area (Å²) in [7, 11) is 0. The predicted molar refractivity (Wildman–Crippen MR) is 58.7 cm³/mol. The molecule has 6 nitrogen and oxygen atoms in total. The highest BCUT2D eigenvalue weighted by molar-refractivity contribution is 5.84. The summed E-state index contributed by atoms with van der Waals surface area (Å²) in [6.07, 6.45) is -0.459. The SMILES string of the molecule is CC(C)COC(=O)N1CCNCC1C(N)=O. The molecule has 3 N–H and O–H groups in total. The first-order valence-electron chi connectivity index (χ1n) is 5.45. The smallest absolute Gasteiger partial charge is 0.410 e. The Morgan fingerprint density at radius 3 is 2.81 bits per heavy atom. The van der Waals surface area contributed by atoms with E-state index in [0.29, 0.717) is 26.2 Å². The lowest BCUT2D eigenvalue weighted by molar-refractivity contribution is -0.123. The van der Waals surface area contributed by atoms with Crippen molar-refractivity contribution in [3.63, 3.8) is 0 Å². The van der Waals surface area contributed by atoms with Crippen molar-refractivity contribution in [1.82, 2.24) is 10.2 Å². The molecule has 0 aromatic carbocycles. The van der Waals surface area contributed by atoms with Crippen molar-refractivity contribution in [2.45, 2.75) is 19.9 Å². The Balaban J connectivity index is 2.54. The molecule has 1 aliphatic rings. The summed E-state index contributed by atoms with van der Waals surface area (Å²) >= 11 is 0. The number of ether oxygens (including phenoxy) is 1. The molecule has 1 aliphatic heterocycles. The van der Waals surface area contributed by atoms with E-state index in [0.717, 1.165) is 0 Å². The first-order chi connectivity index (χ1) is 7.52. The van der Waals surface area contributed by atoms with Gasteiger partial charge in [0.1, 0.15) is 6.04 Å². The highest BCUT2D eigenvalue weighted by Crippen LogP contribution is 2.06. The predicted octanol–water partition coefficient (Wildman–Crippen LogP) is -0.462. The monoisotopic (exact) mass is 229 g/mol. The highest BCUT2D eigenvalue weighted by atomic mass is 16.6. The van der Waals surface area contributed by atoms with Crippen LogP contribution < -0.4 is 11.1 Å². The quantitative estimate of drug-likeness (QED) is 0.685. The molecule has 0 aliphatic carbocycles. The number of nitrogens with two attached hydrogens (primary N) is 1. The zero-order valence-electron chi connectivity index (χ0n) is 9.73. The molecule has 0 saturated carbocycles. The van der Waals surface area contributed by atoms with Gasteiger partial charge in [-0.05, 0) is 5.92 Å². The maximum absolute atomic E-state index is 11.7. The van der Waals surface area contributed by atoms with Crippen LogP contribution in [0.4, 0.5) is 4.79 Å². The lowest BCUT2D eigenvalue weighted by Crippen LogP contribution is -2.58. The van der Waals surface area contributed by atoms with Crippen LogP contribution >= 0.6 is 0 Å². The minimum Gasteiger partial charge on any atom is -0.449 e. The van der Waals surface area contributed by atoms with Crippen molar-refractivity contribution in [2.75, 3.05) is 26.2 Å². The molecule has 0 radical (unpaired) electrons. The summed E-state index contributed by atoms with van der Waals surface area (Å²) in [5.74, 6) is -0.229. The summed E-state index contributed by atoms with van der Waals surface area (Å²) < 4.78 is 5.07. The number of carbonyl (C=O) groups excluding carboxylic acids is 2. The van der Waals surface area contributed by atoms with Crippen LogP contribution in [0.5, 0.6) is 0 Å². The molecule has 92 valence electrons. The Kier molecular flexibility index (Phi) is 4.54. The van der Waals surface area contributed by atoms with Gasteiger partial charge < -0.3 is 15.8 Å². The van der Waals surface area contributed by atoms with Gasteiger partial charge in [-0.3, -0.25) is 9.69 Å². The van der Waals surface area contributed by atoms with E-state index in [1.165, 1.54) is 4.90 Å². The van der Waals surface area contributed by atoms with Gasteiger partial charge in [-0.25, -0.2) is 4.79 Å². The third-order valence-corrected chi connectivity index (χ3v) is 2.35. The van der Waals surface area contributed by atoms with Crippen LogP contribution in [-0.2, 0) is 9.53 Å². The fourth-order valence-electron chi connectivity index (χ4n) is 1.50. The summed E-state index contributed by atoms with van der Waals surface area (Å²) in [5.41, 5.74) is 5.22. The fraction of sp³-hybridized carbons (Fsp3) is 0.800. The largest absolute Gasteiger partial charge is 0.449 e. The lowest BCUT2D eigenvalue weighted by Gasteiger charge is -2.33. The van der Waals surface area contributed by atoms with E-state index < -0.39 is 18.0 Å². The molecule has 0 spiro atoms. The Morgan fingerprint density at radius 1 is 1.56 bits per heavy atom. The lowest BCUT2D eigenvalue weighted by atomic mass is 10.2. The second-order valence-electron chi connectivity index (χ2n) is 4.29. The molecule has 16 heavy (non-hydrogen) atoms. The van der Waals surface area contributed by atoms with Crippen molar-refractivity contribution in [1.29, 1.82) is 0 Å². The maximum atomic E-state index is 11.7. The number of amides is 2. The van der Waals surface area contributed by atoms with E-state index in [-0.39, 0.29) is 5.92 Å². The third-order valence-electron chi connectivity index (χ3n) is 2.35. The summed E-state index contributed by atoms with van der Waals surface area (Å²) in [4.78, 5) is 24.2. The average molecular weight is 229 g/mol. The molecule has 0 aromatic heterocycles. The molecule has 0 aromatic rings. The van der Waals surface area contributed by atoms with E-state index in [1.807, 2.05) is 13.8 Å². The van der Waals surface area contributed by atoms with E-state index in [1.54, 1.807) is 0 Å². The molecule has 6 heteroatoms. The van der Waals surface area contributed by atoms with Crippen LogP contribution in [0.3, 0.4) is 0 Å². The number of hydrogen-bond donors (Lipinski definition) is 2. The third kappa shape index (κ3) is 3.37. The number of primary amides is 1. The van der Waals surface area contributed by atoms with Gasteiger partial charge in [-0.1, -0.05) is 13.8 Å². The molecular formula is C10H19N3O3. The topological polar surface area (TPSA) is 84.7 Å². The number of nitrogens with zero attached hydrogens (tertiary/aromatic N) is 1. The zero-order valence-corrected chi connectivity index (χ0v) is 9.73. The van der Waals surface area contributed by atoms with Crippen LogP contribution in [0.15, 0.2) is 0 Å². The molecule has 1 fully saturated rings. The maximum Gasteiger partial charge on any atom is 0.410 e. The molecule has 1 saturated heterocycles. The van der Waals surface area contributed by atoms with Gasteiger partial charge in [0.05, 0.1) is 6.61 Å². The van der Waals surface area contributed by atoms with Crippen LogP contribution in [-0.4, -0.2) is 49.2 Å². The Morgan fingerprint density at radius 2 is 2.25 bits per heavy atom. The number of nitrogens with one attached hydrogen (secondary N) is 1. The number of piperazine rings is 1. The summed E-state index contributed by atoms with van der Waals surface area (Å²) in [6, 6.07) is -0.603. The van der Waals surface area contributed by atoms with Gasteiger partial charge in [-0.2, -0.15) is 0 Å².